The van der Waals surface area contributed by atoms with Crippen molar-refractivity contribution >= 4 is 17.6 Å². The Morgan fingerprint density at radius 2 is 1.90 bits per heavy atom. The highest BCUT2D eigenvalue weighted by atomic mass is 32.2. The van der Waals surface area contributed by atoms with Crippen molar-refractivity contribution in [2.75, 3.05) is 12.4 Å². The van der Waals surface area contributed by atoms with Gasteiger partial charge in [-0.3, -0.25) is 0 Å². The van der Waals surface area contributed by atoms with E-state index in [2.05, 4.69) is 15.3 Å². The summed E-state index contributed by atoms with van der Waals surface area (Å²) in [5, 5.41) is 3.05. The summed E-state index contributed by atoms with van der Waals surface area (Å²) in [6, 6.07) is 1.93. The molecule has 8 heteroatoms. The lowest BCUT2D eigenvalue weighted by molar-refractivity contribution is -0.137. The molecule has 2 rings (SSSR count). The fourth-order valence-corrected chi connectivity index (χ4v) is 2.28. The van der Waals surface area contributed by atoms with Crippen LogP contribution in [0.3, 0.4) is 0 Å². The van der Waals surface area contributed by atoms with Crippen LogP contribution in [-0.2, 0) is 6.18 Å². The standard InChI is InChI=1S/C12H12F3N3OS/c1-6-7(2)19-11(17-6)20-10-5-8(12(13,14)15)4-9(16-3)18-10/h4-5H,1-3H3,(H,16,18). The van der Waals surface area contributed by atoms with Gasteiger partial charge in [-0.1, -0.05) is 0 Å². The van der Waals surface area contributed by atoms with Gasteiger partial charge in [-0.2, -0.15) is 13.2 Å². The first-order valence-corrected chi connectivity index (χ1v) is 6.50. The summed E-state index contributed by atoms with van der Waals surface area (Å²) >= 11 is 0.954. The van der Waals surface area contributed by atoms with Gasteiger partial charge in [-0.15, -0.1) is 0 Å². The fraction of sp³-hybridized carbons (Fsp3) is 0.333. The molecule has 0 amide bonds. The lowest BCUT2D eigenvalue weighted by atomic mass is 10.2. The first-order valence-electron chi connectivity index (χ1n) is 5.68. The second-order valence-corrected chi connectivity index (χ2v) is 5.02. The number of halogens is 3. The van der Waals surface area contributed by atoms with Gasteiger partial charge in [0.05, 0.1) is 11.3 Å². The first-order chi connectivity index (χ1) is 9.29. The highest BCUT2D eigenvalue weighted by molar-refractivity contribution is 7.99. The molecule has 4 nitrogen and oxygen atoms in total. The van der Waals surface area contributed by atoms with Crippen molar-refractivity contribution in [1.82, 2.24) is 9.97 Å². The molecule has 0 aliphatic rings. The second kappa shape index (κ2) is 5.35. The first kappa shape index (κ1) is 14.7. The summed E-state index contributed by atoms with van der Waals surface area (Å²) < 4.78 is 43.7. The van der Waals surface area contributed by atoms with Gasteiger partial charge in [0.2, 0.25) is 0 Å². The molecule has 2 aromatic rings. The molecule has 0 unspecified atom stereocenters. The van der Waals surface area contributed by atoms with Gasteiger partial charge in [-0.25, -0.2) is 9.97 Å². The largest absolute Gasteiger partial charge is 0.436 e. The Labute approximate surface area is 117 Å². The molecular formula is C12H12F3N3OS. The minimum Gasteiger partial charge on any atom is -0.436 e. The monoisotopic (exact) mass is 303 g/mol. The maximum Gasteiger partial charge on any atom is 0.416 e. The Morgan fingerprint density at radius 3 is 2.40 bits per heavy atom. The van der Waals surface area contributed by atoms with Crippen molar-refractivity contribution in [3.05, 3.63) is 29.2 Å². The second-order valence-electron chi connectivity index (χ2n) is 4.05. The van der Waals surface area contributed by atoms with Crippen LogP contribution < -0.4 is 5.32 Å². The lowest BCUT2D eigenvalue weighted by Gasteiger charge is -2.10. The van der Waals surface area contributed by atoms with Gasteiger partial charge >= 0.3 is 6.18 Å². The highest BCUT2D eigenvalue weighted by Crippen LogP contribution is 2.35. The van der Waals surface area contributed by atoms with Crippen molar-refractivity contribution in [3.8, 4) is 0 Å². The van der Waals surface area contributed by atoms with Crippen LogP contribution in [0.5, 0.6) is 0 Å². The predicted molar refractivity (Wildman–Crippen MR) is 68.9 cm³/mol. The summed E-state index contributed by atoms with van der Waals surface area (Å²) in [4.78, 5) is 8.16. The van der Waals surface area contributed by atoms with E-state index in [1.807, 2.05) is 0 Å². The number of hydrogen-bond donors (Lipinski definition) is 1. The van der Waals surface area contributed by atoms with Crippen LogP contribution in [0, 0.1) is 13.8 Å². The van der Waals surface area contributed by atoms with Crippen LogP contribution in [0.15, 0.2) is 26.8 Å². The molecule has 0 atom stereocenters. The summed E-state index contributed by atoms with van der Waals surface area (Å²) in [6.45, 7) is 3.51. The van der Waals surface area contributed by atoms with Gasteiger partial charge in [0.1, 0.15) is 16.6 Å². The molecule has 0 bridgehead atoms. The van der Waals surface area contributed by atoms with Gasteiger partial charge in [0.25, 0.3) is 5.22 Å². The summed E-state index contributed by atoms with van der Waals surface area (Å²) in [7, 11) is 1.51. The Bertz CT molecular complexity index is 605. The zero-order chi connectivity index (χ0) is 14.9. The molecule has 0 aromatic carbocycles. The number of alkyl halides is 3. The van der Waals surface area contributed by atoms with Crippen LogP contribution in [-0.4, -0.2) is 17.0 Å². The van der Waals surface area contributed by atoms with Crippen LogP contribution in [0.1, 0.15) is 17.0 Å². The summed E-state index contributed by atoms with van der Waals surface area (Å²) in [6.07, 6.45) is -4.42. The molecule has 108 valence electrons. The molecular weight excluding hydrogens is 291 g/mol. The Morgan fingerprint density at radius 1 is 1.20 bits per heavy atom. The van der Waals surface area contributed by atoms with Gasteiger partial charge < -0.3 is 9.73 Å². The van der Waals surface area contributed by atoms with Crippen LogP contribution in [0.2, 0.25) is 0 Å². The quantitative estimate of drug-likeness (QED) is 0.932. The number of rotatable bonds is 3. The maximum atomic E-state index is 12.8. The average molecular weight is 303 g/mol. The van der Waals surface area contributed by atoms with E-state index in [0.717, 1.165) is 23.9 Å². The van der Waals surface area contributed by atoms with E-state index in [9.17, 15) is 13.2 Å². The van der Waals surface area contributed by atoms with Gasteiger partial charge in [0.15, 0.2) is 0 Å². The summed E-state index contributed by atoms with van der Waals surface area (Å²) in [5.74, 6) is 0.774. The lowest BCUT2D eigenvalue weighted by Crippen LogP contribution is -2.07. The predicted octanol–water partition coefficient (Wildman–Crippen LogP) is 3.90. The van der Waals surface area contributed by atoms with E-state index in [1.54, 1.807) is 13.8 Å². The number of oxazole rings is 1. The number of nitrogens with one attached hydrogen (secondary N) is 1. The maximum absolute atomic E-state index is 12.8. The molecule has 0 spiro atoms. The van der Waals surface area contributed by atoms with Crippen LogP contribution >= 0.6 is 11.8 Å². The minimum atomic E-state index is -4.42. The molecule has 1 N–H and O–H groups in total. The SMILES string of the molecule is CNc1cc(C(F)(F)F)cc(Sc2nc(C)c(C)o2)n1. The van der Waals surface area contributed by atoms with Gasteiger partial charge in [-0.05, 0) is 37.7 Å². The number of pyridine rings is 1. The van der Waals surface area contributed by atoms with E-state index in [4.69, 9.17) is 4.42 Å². The number of hydrogen-bond acceptors (Lipinski definition) is 5. The zero-order valence-electron chi connectivity index (χ0n) is 11.0. The third kappa shape index (κ3) is 3.24. The van der Waals surface area contributed by atoms with Crippen molar-refractivity contribution in [2.24, 2.45) is 0 Å². The molecule has 0 aliphatic carbocycles. The number of aromatic nitrogens is 2. The number of nitrogens with zero attached hydrogens (tertiary/aromatic N) is 2. The third-order valence-corrected chi connectivity index (χ3v) is 3.35. The third-order valence-electron chi connectivity index (χ3n) is 2.59. The number of aryl methyl sites for hydroxylation is 2. The van der Waals surface area contributed by atoms with E-state index >= 15 is 0 Å². The van der Waals surface area contributed by atoms with E-state index in [-0.39, 0.29) is 16.1 Å². The van der Waals surface area contributed by atoms with Crippen LogP contribution in [0.25, 0.3) is 0 Å². The van der Waals surface area contributed by atoms with Crippen LogP contribution in [0.4, 0.5) is 19.0 Å². The molecule has 2 heterocycles. The van der Waals surface area contributed by atoms with Crippen molar-refractivity contribution in [2.45, 2.75) is 30.3 Å². The zero-order valence-corrected chi connectivity index (χ0v) is 11.8. The van der Waals surface area contributed by atoms with Crippen molar-refractivity contribution < 1.29 is 17.6 Å². The molecule has 0 fully saturated rings. The fourth-order valence-electron chi connectivity index (χ4n) is 1.43. The Hall–Kier alpha value is -1.70. The van der Waals surface area contributed by atoms with E-state index in [1.165, 1.54) is 7.05 Å². The normalized spacial score (nSPS) is 11.7. The number of anilines is 1. The molecule has 20 heavy (non-hydrogen) atoms. The Balaban J connectivity index is 2.36. The van der Waals surface area contributed by atoms with Crippen molar-refractivity contribution in [3.63, 3.8) is 0 Å². The smallest absolute Gasteiger partial charge is 0.416 e. The van der Waals surface area contributed by atoms with E-state index < -0.39 is 11.7 Å². The van der Waals surface area contributed by atoms with Crippen molar-refractivity contribution in [1.29, 1.82) is 0 Å². The average Bonchev–Trinajstić information content (AvgIpc) is 2.66. The Kier molecular flexibility index (Phi) is 3.94. The van der Waals surface area contributed by atoms with E-state index in [0.29, 0.717) is 11.5 Å². The molecule has 0 aliphatic heterocycles. The highest BCUT2D eigenvalue weighted by Gasteiger charge is 2.31. The minimum absolute atomic E-state index is 0.141. The topological polar surface area (TPSA) is 51.0 Å². The molecule has 0 radical (unpaired) electrons. The molecule has 0 saturated carbocycles. The van der Waals surface area contributed by atoms with Gasteiger partial charge in [0, 0.05) is 7.05 Å². The molecule has 2 aromatic heterocycles. The molecule has 0 saturated heterocycles. The summed E-state index contributed by atoms with van der Waals surface area (Å²) in [5.41, 5.74) is -0.0623.